The van der Waals surface area contributed by atoms with Crippen LogP contribution in [0, 0.1) is 5.82 Å². The van der Waals surface area contributed by atoms with Gasteiger partial charge in [0.2, 0.25) is 5.91 Å². The Morgan fingerprint density at radius 2 is 2.00 bits per heavy atom. The number of amides is 1. The van der Waals surface area contributed by atoms with E-state index < -0.39 is 11.0 Å². The topological polar surface area (TPSA) is 55.1 Å². The van der Waals surface area contributed by atoms with Crippen molar-refractivity contribution in [1.82, 2.24) is 5.32 Å². The molecule has 0 atom stereocenters. The molecule has 0 aromatic heterocycles. The molecule has 0 heterocycles. The molecule has 1 amide bonds. The van der Waals surface area contributed by atoms with Crippen molar-refractivity contribution in [3.8, 4) is 0 Å². The SMILES string of the molecule is CC(C)(N)CNC(=O)C1(c2cccc(F)c2)CCCCC1. The molecule has 0 unspecified atom stereocenters. The lowest BCUT2D eigenvalue weighted by Crippen LogP contribution is -2.52. The van der Waals surface area contributed by atoms with Crippen molar-refractivity contribution >= 4 is 5.91 Å². The molecule has 1 aliphatic rings. The zero-order valence-electron chi connectivity index (χ0n) is 12.9. The van der Waals surface area contributed by atoms with Crippen LogP contribution in [0.15, 0.2) is 24.3 Å². The highest BCUT2D eigenvalue weighted by atomic mass is 19.1. The highest BCUT2D eigenvalue weighted by Gasteiger charge is 2.41. The molecule has 0 bridgehead atoms. The lowest BCUT2D eigenvalue weighted by molar-refractivity contribution is -0.128. The third-order valence-corrected chi connectivity index (χ3v) is 4.22. The van der Waals surface area contributed by atoms with Crippen LogP contribution in [0.3, 0.4) is 0 Å². The molecule has 1 fully saturated rings. The predicted molar refractivity (Wildman–Crippen MR) is 82.4 cm³/mol. The Bertz CT molecular complexity index is 502. The van der Waals surface area contributed by atoms with Crippen LogP contribution < -0.4 is 11.1 Å². The fraction of sp³-hybridized carbons (Fsp3) is 0.588. The standard InChI is InChI=1S/C17H25FN2O/c1-16(2,19)12-20-15(21)17(9-4-3-5-10-17)13-7-6-8-14(18)11-13/h6-8,11H,3-5,9-10,12,19H2,1-2H3,(H,20,21). The summed E-state index contributed by atoms with van der Waals surface area (Å²) in [5.41, 5.74) is 5.67. The summed E-state index contributed by atoms with van der Waals surface area (Å²) in [5.74, 6) is -0.310. The van der Waals surface area contributed by atoms with E-state index in [1.54, 1.807) is 6.07 Å². The molecule has 0 saturated heterocycles. The van der Waals surface area contributed by atoms with Crippen molar-refractivity contribution in [2.45, 2.75) is 56.9 Å². The minimum absolute atomic E-state index is 0.0219. The first kappa shape index (κ1) is 16.0. The van der Waals surface area contributed by atoms with E-state index in [9.17, 15) is 9.18 Å². The summed E-state index contributed by atoms with van der Waals surface area (Å²) in [5, 5.41) is 2.96. The normalized spacial score (nSPS) is 18.3. The predicted octanol–water partition coefficient (Wildman–Crippen LogP) is 2.88. The monoisotopic (exact) mass is 292 g/mol. The van der Waals surface area contributed by atoms with Gasteiger partial charge in [-0.25, -0.2) is 4.39 Å². The summed E-state index contributed by atoms with van der Waals surface area (Å²) in [6.07, 6.45) is 4.67. The van der Waals surface area contributed by atoms with E-state index in [0.717, 1.165) is 37.7 Å². The molecular formula is C17H25FN2O. The molecular weight excluding hydrogens is 267 g/mol. The maximum absolute atomic E-state index is 13.6. The van der Waals surface area contributed by atoms with Gasteiger partial charge in [0.15, 0.2) is 0 Å². The van der Waals surface area contributed by atoms with Crippen LogP contribution in [0.2, 0.25) is 0 Å². The molecule has 1 aromatic rings. The third-order valence-electron chi connectivity index (χ3n) is 4.22. The highest BCUT2D eigenvalue weighted by Crippen LogP contribution is 2.40. The molecule has 3 nitrogen and oxygen atoms in total. The number of carbonyl (C=O) groups is 1. The zero-order valence-corrected chi connectivity index (χ0v) is 12.9. The Kier molecular flexibility index (Phi) is 4.67. The first-order valence-corrected chi connectivity index (χ1v) is 7.67. The molecule has 2 rings (SSSR count). The number of nitrogens with two attached hydrogens (primary N) is 1. The summed E-state index contributed by atoms with van der Waals surface area (Å²) in [7, 11) is 0. The lowest BCUT2D eigenvalue weighted by atomic mass is 9.68. The third kappa shape index (κ3) is 3.82. The van der Waals surface area contributed by atoms with Crippen LogP contribution in [0.5, 0.6) is 0 Å². The van der Waals surface area contributed by atoms with E-state index in [4.69, 9.17) is 5.73 Å². The Morgan fingerprint density at radius 3 is 2.57 bits per heavy atom. The van der Waals surface area contributed by atoms with E-state index in [2.05, 4.69) is 5.32 Å². The van der Waals surface area contributed by atoms with E-state index in [1.165, 1.54) is 12.1 Å². The first-order chi connectivity index (χ1) is 9.83. The van der Waals surface area contributed by atoms with Gasteiger partial charge in [-0.15, -0.1) is 0 Å². The Balaban J connectivity index is 2.27. The number of carbonyl (C=O) groups excluding carboxylic acids is 1. The largest absolute Gasteiger partial charge is 0.354 e. The van der Waals surface area contributed by atoms with Crippen molar-refractivity contribution in [2.75, 3.05) is 6.54 Å². The molecule has 0 spiro atoms. The molecule has 116 valence electrons. The van der Waals surface area contributed by atoms with Crippen molar-refractivity contribution in [1.29, 1.82) is 0 Å². The molecule has 4 heteroatoms. The molecule has 3 N–H and O–H groups in total. The van der Waals surface area contributed by atoms with Crippen molar-refractivity contribution in [3.63, 3.8) is 0 Å². The molecule has 1 aliphatic carbocycles. The summed E-state index contributed by atoms with van der Waals surface area (Å²) >= 11 is 0. The van der Waals surface area contributed by atoms with Gasteiger partial charge in [-0.05, 0) is 44.4 Å². The van der Waals surface area contributed by atoms with Gasteiger partial charge >= 0.3 is 0 Å². The van der Waals surface area contributed by atoms with Gasteiger partial charge in [-0.3, -0.25) is 4.79 Å². The Morgan fingerprint density at radius 1 is 1.33 bits per heavy atom. The van der Waals surface area contributed by atoms with Crippen molar-refractivity contribution < 1.29 is 9.18 Å². The maximum atomic E-state index is 13.6. The van der Waals surface area contributed by atoms with Crippen LogP contribution in [-0.4, -0.2) is 18.0 Å². The quantitative estimate of drug-likeness (QED) is 0.896. The molecule has 0 aliphatic heterocycles. The van der Waals surface area contributed by atoms with Crippen LogP contribution in [0.4, 0.5) is 4.39 Å². The fourth-order valence-electron chi connectivity index (χ4n) is 3.07. The van der Waals surface area contributed by atoms with Gasteiger partial charge in [0.25, 0.3) is 0 Å². The molecule has 1 aromatic carbocycles. The zero-order chi connectivity index (χ0) is 15.5. The van der Waals surface area contributed by atoms with Gasteiger partial charge in [-0.1, -0.05) is 31.4 Å². The van der Waals surface area contributed by atoms with Gasteiger partial charge in [0.1, 0.15) is 5.82 Å². The Hall–Kier alpha value is -1.42. The van der Waals surface area contributed by atoms with E-state index in [0.29, 0.717) is 6.54 Å². The van der Waals surface area contributed by atoms with E-state index >= 15 is 0 Å². The number of halogens is 1. The van der Waals surface area contributed by atoms with Crippen LogP contribution in [0.1, 0.15) is 51.5 Å². The van der Waals surface area contributed by atoms with Crippen LogP contribution in [-0.2, 0) is 10.2 Å². The average Bonchev–Trinajstić information content (AvgIpc) is 2.44. The van der Waals surface area contributed by atoms with Crippen LogP contribution >= 0.6 is 0 Å². The smallest absolute Gasteiger partial charge is 0.230 e. The number of hydrogen-bond donors (Lipinski definition) is 2. The van der Waals surface area contributed by atoms with Gasteiger partial charge in [0, 0.05) is 12.1 Å². The number of hydrogen-bond acceptors (Lipinski definition) is 2. The fourth-order valence-corrected chi connectivity index (χ4v) is 3.07. The van der Waals surface area contributed by atoms with E-state index in [1.807, 2.05) is 19.9 Å². The summed E-state index contributed by atoms with van der Waals surface area (Å²) in [6, 6.07) is 6.46. The van der Waals surface area contributed by atoms with Crippen molar-refractivity contribution in [3.05, 3.63) is 35.6 Å². The second kappa shape index (κ2) is 6.14. The summed E-state index contributed by atoms with van der Waals surface area (Å²) in [4.78, 5) is 12.8. The number of rotatable bonds is 4. The summed E-state index contributed by atoms with van der Waals surface area (Å²) in [6.45, 7) is 4.18. The molecule has 21 heavy (non-hydrogen) atoms. The van der Waals surface area contributed by atoms with Gasteiger partial charge in [0.05, 0.1) is 5.41 Å². The lowest BCUT2D eigenvalue weighted by Gasteiger charge is -2.37. The van der Waals surface area contributed by atoms with E-state index in [-0.39, 0.29) is 11.7 Å². The van der Waals surface area contributed by atoms with Crippen LogP contribution in [0.25, 0.3) is 0 Å². The van der Waals surface area contributed by atoms with Gasteiger partial charge in [-0.2, -0.15) is 0 Å². The number of benzene rings is 1. The minimum Gasteiger partial charge on any atom is -0.354 e. The highest BCUT2D eigenvalue weighted by molar-refractivity contribution is 5.88. The second-order valence-electron chi connectivity index (χ2n) is 6.82. The average molecular weight is 292 g/mol. The molecule has 0 radical (unpaired) electrons. The first-order valence-electron chi connectivity index (χ1n) is 7.67. The number of nitrogens with one attached hydrogen (secondary N) is 1. The molecule has 1 saturated carbocycles. The summed E-state index contributed by atoms with van der Waals surface area (Å²) < 4.78 is 13.6. The Labute approximate surface area is 126 Å². The van der Waals surface area contributed by atoms with Crippen molar-refractivity contribution in [2.24, 2.45) is 5.73 Å². The van der Waals surface area contributed by atoms with Gasteiger partial charge < -0.3 is 11.1 Å². The minimum atomic E-state index is -0.606. The maximum Gasteiger partial charge on any atom is 0.230 e. The second-order valence-corrected chi connectivity index (χ2v) is 6.82.